The van der Waals surface area contributed by atoms with Crippen LogP contribution in [-0.4, -0.2) is 5.97 Å². The van der Waals surface area contributed by atoms with Gasteiger partial charge in [0, 0.05) is 6.42 Å². The first-order chi connectivity index (χ1) is 6.27. The summed E-state index contributed by atoms with van der Waals surface area (Å²) in [5.41, 5.74) is 0. The van der Waals surface area contributed by atoms with E-state index >= 15 is 0 Å². The fourth-order valence-electron chi connectivity index (χ4n) is 1.13. The van der Waals surface area contributed by atoms with Gasteiger partial charge in [0.15, 0.2) is 0 Å². The number of carboxylic acids is 1. The van der Waals surface area contributed by atoms with E-state index in [0.717, 1.165) is 12.8 Å². The summed E-state index contributed by atoms with van der Waals surface area (Å²) in [6, 6.07) is 0. The average Bonchev–Trinajstić information content (AvgIpc) is 2.09. The average molecular weight is 204 g/mol. The van der Waals surface area contributed by atoms with Gasteiger partial charge in [-0.2, -0.15) is 0 Å². The van der Waals surface area contributed by atoms with Gasteiger partial charge in [-0.1, -0.05) is 44.9 Å². The molecule has 74 valence electrons. The molecule has 0 saturated heterocycles. The van der Waals surface area contributed by atoms with E-state index in [9.17, 15) is 9.90 Å². The van der Waals surface area contributed by atoms with E-state index in [1.54, 1.807) is 0 Å². The molecule has 0 aliphatic rings. The van der Waals surface area contributed by atoms with Gasteiger partial charge in [0.2, 0.25) is 0 Å². The summed E-state index contributed by atoms with van der Waals surface area (Å²) in [7, 11) is 0. The fourth-order valence-corrected chi connectivity index (χ4v) is 1.13. The van der Waals surface area contributed by atoms with Crippen LogP contribution >= 0.6 is 0 Å². The first kappa shape index (κ1) is 16.5. The van der Waals surface area contributed by atoms with E-state index in [1.807, 2.05) is 5.92 Å². The first-order valence-corrected chi connectivity index (χ1v) is 4.97. The topological polar surface area (TPSA) is 40.1 Å². The molecule has 0 aliphatic carbocycles. The molecule has 0 radical (unpaired) electrons. The molecule has 0 bridgehead atoms. The number of carboxylic acid groups (broad SMARTS) is 1. The van der Waals surface area contributed by atoms with E-state index < -0.39 is 5.97 Å². The summed E-state index contributed by atoms with van der Waals surface area (Å²) in [5, 5.41) is 9.89. The molecule has 0 rings (SSSR count). The van der Waals surface area contributed by atoms with Crippen LogP contribution in [0.4, 0.5) is 0 Å². The van der Waals surface area contributed by atoms with Crippen molar-refractivity contribution in [1.29, 1.82) is 0 Å². The standard InChI is InChI=1S/C11H18O2.Na/c1-2-3-4-5-6-7-8-9-10-11(12)13;/h2-8H2,1H3,(H,12,13);/q;+1/p-1. The Bertz CT molecular complexity index is 191. The number of hydrogen-bond acceptors (Lipinski definition) is 2. The van der Waals surface area contributed by atoms with Gasteiger partial charge in [0.1, 0.15) is 5.97 Å². The van der Waals surface area contributed by atoms with Crippen LogP contribution in [0.5, 0.6) is 0 Å². The number of aliphatic carboxylic acids is 1. The molecule has 2 nitrogen and oxygen atoms in total. The van der Waals surface area contributed by atoms with Crippen LogP contribution in [0.1, 0.15) is 51.9 Å². The quantitative estimate of drug-likeness (QED) is 0.300. The molecular formula is C11H17NaO2. The zero-order valence-electron chi connectivity index (χ0n) is 9.27. The monoisotopic (exact) mass is 204 g/mol. The van der Waals surface area contributed by atoms with Gasteiger partial charge in [-0.05, 0) is 12.3 Å². The maximum absolute atomic E-state index is 9.89. The summed E-state index contributed by atoms with van der Waals surface area (Å²) >= 11 is 0. The Morgan fingerprint density at radius 2 is 1.71 bits per heavy atom. The van der Waals surface area contributed by atoms with Crippen LogP contribution in [0.3, 0.4) is 0 Å². The van der Waals surface area contributed by atoms with Gasteiger partial charge in [-0.25, -0.2) is 0 Å². The van der Waals surface area contributed by atoms with Crippen molar-refractivity contribution < 1.29 is 39.5 Å². The van der Waals surface area contributed by atoms with Crippen molar-refractivity contribution in [2.45, 2.75) is 51.9 Å². The Labute approximate surface area is 109 Å². The molecule has 0 aromatic carbocycles. The largest absolute Gasteiger partial charge is 1.00 e. The molecular weight excluding hydrogens is 187 g/mol. The predicted molar refractivity (Wildman–Crippen MR) is 50.8 cm³/mol. The Morgan fingerprint density at radius 3 is 2.29 bits per heavy atom. The first-order valence-electron chi connectivity index (χ1n) is 4.97. The minimum absolute atomic E-state index is 0. The third-order valence-corrected chi connectivity index (χ3v) is 1.85. The number of unbranched alkanes of at least 4 members (excludes halogenated alkanes) is 6. The van der Waals surface area contributed by atoms with Gasteiger partial charge in [-0.15, -0.1) is 0 Å². The van der Waals surface area contributed by atoms with Crippen molar-refractivity contribution in [2.24, 2.45) is 0 Å². The maximum atomic E-state index is 9.89. The van der Waals surface area contributed by atoms with E-state index in [1.165, 1.54) is 25.7 Å². The van der Waals surface area contributed by atoms with Crippen LogP contribution in [0.15, 0.2) is 0 Å². The van der Waals surface area contributed by atoms with E-state index in [4.69, 9.17) is 0 Å². The molecule has 0 aliphatic heterocycles. The van der Waals surface area contributed by atoms with Crippen molar-refractivity contribution in [3.63, 3.8) is 0 Å². The molecule has 0 aromatic heterocycles. The zero-order valence-corrected chi connectivity index (χ0v) is 11.3. The minimum Gasteiger partial charge on any atom is -0.537 e. The van der Waals surface area contributed by atoms with E-state index in [-0.39, 0.29) is 29.6 Å². The van der Waals surface area contributed by atoms with Gasteiger partial charge in [-0.3, -0.25) is 0 Å². The molecule has 0 amide bonds. The summed E-state index contributed by atoms with van der Waals surface area (Å²) in [6.45, 7) is 2.19. The number of hydrogen-bond donors (Lipinski definition) is 0. The Morgan fingerprint density at radius 1 is 1.14 bits per heavy atom. The molecule has 3 heteroatoms. The Balaban J connectivity index is 0. The normalized spacial score (nSPS) is 8.36. The molecule has 0 spiro atoms. The second-order valence-electron chi connectivity index (χ2n) is 3.11. The number of carbonyl (C=O) groups is 1. The fraction of sp³-hybridized carbons (Fsp3) is 0.727. The maximum Gasteiger partial charge on any atom is 1.00 e. The number of carbonyl (C=O) groups excluding carboxylic acids is 1. The predicted octanol–water partition coefficient (Wildman–Crippen LogP) is -1.51. The third-order valence-electron chi connectivity index (χ3n) is 1.85. The van der Waals surface area contributed by atoms with Crippen molar-refractivity contribution >= 4 is 5.97 Å². The van der Waals surface area contributed by atoms with Crippen LogP contribution in [0.25, 0.3) is 0 Å². The molecule has 14 heavy (non-hydrogen) atoms. The van der Waals surface area contributed by atoms with Crippen molar-refractivity contribution in [2.75, 3.05) is 0 Å². The van der Waals surface area contributed by atoms with E-state index in [0.29, 0.717) is 6.42 Å². The summed E-state index contributed by atoms with van der Waals surface area (Å²) in [4.78, 5) is 9.89. The Hall–Kier alpha value is 0.0300. The molecule has 0 saturated carbocycles. The summed E-state index contributed by atoms with van der Waals surface area (Å²) in [5.74, 6) is 3.29. The molecule has 0 unspecified atom stereocenters. The molecule has 0 aromatic rings. The molecule has 0 atom stereocenters. The van der Waals surface area contributed by atoms with Crippen molar-refractivity contribution in [1.82, 2.24) is 0 Å². The number of rotatable bonds is 6. The smallest absolute Gasteiger partial charge is 0.537 e. The third kappa shape index (κ3) is 14.5. The van der Waals surface area contributed by atoms with Gasteiger partial charge in [0.05, 0.1) is 0 Å². The minimum atomic E-state index is -1.27. The summed E-state index contributed by atoms with van der Waals surface area (Å²) in [6.07, 6.45) is 7.91. The van der Waals surface area contributed by atoms with Crippen LogP contribution in [0.2, 0.25) is 0 Å². The van der Waals surface area contributed by atoms with Gasteiger partial charge in [0.25, 0.3) is 0 Å². The van der Waals surface area contributed by atoms with Gasteiger partial charge < -0.3 is 9.90 Å². The van der Waals surface area contributed by atoms with E-state index in [2.05, 4.69) is 12.8 Å². The van der Waals surface area contributed by atoms with Crippen molar-refractivity contribution in [3.05, 3.63) is 0 Å². The second kappa shape index (κ2) is 13.0. The van der Waals surface area contributed by atoms with Crippen molar-refractivity contribution in [3.8, 4) is 11.8 Å². The second-order valence-corrected chi connectivity index (χ2v) is 3.11. The molecule has 0 N–H and O–H groups in total. The Kier molecular flexibility index (Phi) is 15.3. The summed E-state index contributed by atoms with van der Waals surface area (Å²) < 4.78 is 0. The SMILES string of the molecule is CCCCCCCCC#CC(=O)[O-].[Na+]. The zero-order chi connectivity index (χ0) is 9.94. The van der Waals surface area contributed by atoms with Crippen LogP contribution in [0, 0.1) is 11.8 Å². The van der Waals surface area contributed by atoms with Gasteiger partial charge >= 0.3 is 29.6 Å². The van der Waals surface area contributed by atoms with Crippen LogP contribution in [-0.2, 0) is 4.79 Å². The molecule has 0 fully saturated rings. The van der Waals surface area contributed by atoms with Crippen LogP contribution < -0.4 is 34.7 Å². The molecule has 0 heterocycles.